The molecule has 0 spiro atoms. The van der Waals surface area contributed by atoms with Gasteiger partial charge in [0.25, 0.3) is 10.1 Å². The molecule has 0 amide bonds. The van der Waals surface area contributed by atoms with Gasteiger partial charge in [0.15, 0.2) is 0 Å². The molecule has 0 saturated heterocycles. The summed E-state index contributed by atoms with van der Waals surface area (Å²) in [6.45, 7) is 0. The van der Waals surface area contributed by atoms with E-state index in [1.54, 1.807) is 16.4 Å². The van der Waals surface area contributed by atoms with Gasteiger partial charge in [0.05, 0.1) is 16.9 Å². The number of benzene rings is 2. The molecule has 132 valence electrons. The summed E-state index contributed by atoms with van der Waals surface area (Å²) < 4.78 is 38.9. The van der Waals surface area contributed by atoms with Crippen molar-refractivity contribution in [2.75, 3.05) is 7.11 Å². The summed E-state index contributed by atoms with van der Waals surface area (Å²) in [6, 6.07) is 14.3. The third kappa shape index (κ3) is 4.82. The van der Waals surface area contributed by atoms with Gasteiger partial charge in [-0.15, -0.1) is 0 Å². The average molecular weight is 435 g/mol. The molecule has 2 aromatic carbocycles. The maximum absolute atomic E-state index is 11.7. The summed E-state index contributed by atoms with van der Waals surface area (Å²) in [5.41, 5.74) is 2.37. The topological polar surface area (TPSA) is 63.6 Å². The van der Waals surface area contributed by atoms with E-state index in [9.17, 15) is 13.0 Å². The summed E-state index contributed by atoms with van der Waals surface area (Å²) in [6.07, 6.45) is 0.301. The van der Waals surface area contributed by atoms with E-state index < -0.39 is 10.1 Å². The smallest absolute Gasteiger partial charge is 1.00 e. The molecule has 0 atom stereocenters. The predicted molar refractivity (Wildman–Crippen MR) is 105 cm³/mol. The molecule has 0 unspecified atom stereocenters. The van der Waals surface area contributed by atoms with E-state index in [1.165, 1.54) is 29.6 Å². The Morgan fingerprint density at radius 1 is 1.15 bits per heavy atom. The van der Waals surface area contributed by atoms with Crippen LogP contribution in [0, 0.1) is 3.82 Å². The zero-order valence-electron chi connectivity index (χ0n) is 15.1. The van der Waals surface area contributed by atoms with Crippen LogP contribution < -0.4 is 34.3 Å². The molecule has 0 aliphatic carbocycles. The van der Waals surface area contributed by atoms with Crippen molar-refractivity contribution in [2.24, 2.45) is 0 Å². The van der Waals surface area contributed by atoms with Crippen molar-refractivity contribution in [3.05, 3.63) is 63.5 Å². The molecule has 9 heteroatoms. The summed E-state index contributed by atoms with van der Waals surface area (Å²) in [5.74, 6) is 0.522. The first-order chi connectivity index (χ1) is 11.9. The fourth-order valence-electron chi connectivity index (χ4n) is 2.50. The van der Waals surface area contributed by atoms with E-state index in [-0.39, 0.29) is 35.9 Å². The molecule has 3 rings (SSSR count). The van der Waals surface area contributed by atoms with Crippen LogP contribution in [0.2, 0.25) is 0 Å². The number of rotatable bonds is 5. The molecule has 1 heterocycles. The van der Waals surface area contributed by atoms with E-state index in [0.29, 0.717) is 21.6 Å². The molecule has 0 saturated carbocycles. The van der Waals surface area contributed by atoms with Crippen LogP contribution in [0.3, 0.4) is 0 Å². The monoisotopic (exact) mass is 434 g/mol. The number of hydrogen-bond acceptors (Lipinski definition) is 6. The maximum atomic E-state index is 11.7. The quantitative estimate of drug-likeness (QED) is 0.289. The van der Waals surface area contributed by atoms with Gasteiger partial charge in [-0.3, -0.25) is 4.55 Å². The van der Waals surface area contributed by atoms with Crippen LogP contribution in [0.4, 0.5) is 0 Å². The summed E-state index contributed by atoms with van der Waals surface area (Å²) in [4.78, 5) is 0.887. The average Bonchev–Trinajstić information content (AvgIpc) is 2.95. The van der Waals surface area contributed by atoms with E-state index in [0.717, 1.165) is 16.0 Å². The van der Waals surface area contributed by atoms with Gasteiger partial charge in [0.1, 0.15) is 9.57 Å². The van der Waals surface area contributed by atoms with Crippen LogP contribution in [0.15, 0.2) is 53.4 Å². The Labute approximate surface area is 188 Å². The van der Waals surface area contributed by atoms with E-state index in [2.05, 4.69) is 0 Å². The van der Waals surface area contributed by atoms with Gasteiger partial charge in [-0.2, -0.15) is 8.42 Å². The molecule has 0 bridgehead atoms. The number of methoxy groups -OCH3 is 1. The molecule has 1 aromatic heterocycles. The first-order valence-corrected chi connectivity index (χ1v) is 11.2. The van der Waals surface area contributed by atoms with Gasteiger partial charge < -0.3 is 6.16 Å². The first kappa shape index (κ1) is 21.7. The van der Waals surface area contributed by atoms with Crippen molar-refractivity contribution in [3.63, 3.8) is 0 Å². The molecular formula is C17H15NaO4S4. The normalized spacial score (nSPS) is 11.0. The second-order valence-corrected chi connectivity index (χ2v) is 9.46. The standard InChI is InChI=1S/C17H14O4S4.Na.H/c1-21-13-7-8-15(25(18,19)20)12(9-13)10-14-16(23-24-17(14)22)11-5-3-2-4-6-11;;/h2-9H,10H2,1H3,(H,18,19,20);;/q;+1;-1. The van der Waals surface area contributed by atoms with Gasteiger partial charge in [-0.25, -0.2) is 0 Å². The summed E-state index contributed by atoms with van der Waals surface area (Å²) >= 11 is 5.46. The molecule has 0 aliphatic rings. The van der Waals surface area contributed by atoms with Gasteiger partial charge in [0.2, 0.25) is 0 Å². The Bertz CT molecular complexity index is 1060. The Morgan fingerprint density at radius 3 is 2.46 bits per heavy atom. The molecule has 0 aliphatic heterocycles. The van der Waals surface area contributed by atoms with Crippen molar-refractivity contribution >= 4 is 43.0 Å². The third-order valence-electron chi connectivity index (χ3n) is 3.67. The summed E-state index contributed by atoms with van der Waals surface area (Å²) in [7, 11) is 0.220. The van der Waals surface area contributed by atoms with Crippen LogP contribution in [-0.2, 0) is 16.5 Å². The van der Waals surface area contributed by atoms with Gasteiger partial charge in [-0.05, 0) is 29.3 Å². The predicted octanol–water partition coefficient (Wildman–Crippen LogP) is 2.17. The molecule has 4 nitrogen and oxygen atoms in total. The zero-order chi connectivity index (χ0) is 18.0. The van der Waals surface area contributed by atoms with Gasteiger partial charge >= 0.3 is 29.6 Å². The van der Waals surface area contributed by atoms with Crippen molar-refractivity contribution in [1.29, 1.82) is 0 Å². The van der Waals surface area contributed by atoms with Crippen molar-refractivity contribution < 1.29 is 48.7 Å². The van der Waals surface area contributed by atoms with Gasteiger partial charge in [0, 0.05) is 12.0 Å². The van der Waals surface area contributed by atoms with Crippen molar-refractivity contribution in [3.8, 4) is 16.2 Å². The molecule has 3 aromatic rings. The molecular weight excluding hydrogens is 419 g/mol. The Kier molecular flexibility index (Phi) is 7.58. The van der Waals surface area contributed by atoms with Crippen LogP contribution >= 0.6 is 32.9 Å². The van der Waals surface area contributed by atoms with Crippen LogP contribution in [-0.4, -0.2) is 20.1 Å². The van der Waals surface area contributed by atoms with Crippen LogP contribution in [0.25, 0.3) is 10.4 Å². The molecule has 0 radical (unpaired) electrons. The summed E-state index contributed by atoms with van der Waals surface area (Å²) in [5, 5.41) is 0. The molecule has 1 N–H and O–H groups in total. The van der Waals surface area contributed by atoms with E-state index in [4.69, 9.17) is 17.0 Å². The Hall–Kier alpha value is -0.580. The second-order valence-electron chi connectivity index (χ2n) is 5.25. The number of hydrogen-bond donors (Lipinski definition) is 1. The largest absolute Gasteiger partial charge is 1.00 e. The molecule has 26 heavy (non-hydrogen) atoms. The fraction of sp³-hybridized carbons (Fsp3) is 0.118. The minimum absolute atomic E-state index is 0. The van der Waals surface area contributed by atoms with Gasteiger partial charge in [-0.1, -0.05) is 63.2 Å². The SMILES string of the molecule is COc1ccc(S(=O)(=O)O)c(Cc2c(-c3ccccc3)ssc2=S)c1.[H-].[Na+]. The number of ether oxygens (including phenoxy) is 1. The fourth-order valence-corrected chi connectivity index (χ4v) is 6.12. The van der Waals surface area contributed by atoms with Crippen LogP contribution in [0.1, 0.15) is 12.6 Å². The van der Waals surface area contributed by atoms with E-state index >= 15 is 0 Å². The van der Waals surface area contributed by atoms with Crippen LogP contribution in [0.5, 0.6) is 5.75 Å². The Morgan fingerprint density at radius 2 is 1.85 bits per heavy atom. The Balaban J connectivity index is 0.00000182. The third-order valence-corrected chi connectivity index (χ3v) is 7.82. The zero-order valence-corrected chi connectivity index (χ0v) is 19.4. The maximum Gasteiger partial charge on any atom is 1.00 e. The second kappa shape index (κ2) is 9.07. The minimum atomic E-state index is -4.33. The van der Waals surface area contributed by atoms with Crippen molar-refractivity contribution in [1.82, 2.24) is 0 Å². The van der Waals surface area contributed by atoms with E-state index in [1.807, 2.05) is 30.3 Å². The first-order valence-electron chi connectivity index (χ1n) is 7.22. The van der Waals surface area contributed by atoms with Crippen molar-refractivity contribution in [2.45, 2.75) is 11.3 Å². The molecule has 0 fully saturated rings. The minimum Gasteiger partial charge on any atom is -1.00 e.